The average Bonchev–Trinajstić information content (AvgIpc) is 2.55. The summed E-state index contributed by atoms with van der Waals surface area (Å²) < 4.78 is 0. The maximum absolute atomic E-state index is 12.4. The number of nitrogens with one attached hydrogen (secondary N) is 2. The lowest BCUT2D eigenvalue weighted by molar-refractivity contribution is 0.0724. The third-order valence-corrected chi connectivity index (χ3v) is 4.24. The molecule has 5 heteroatoms. The van der Waals surface area contributed by atoms with E-state index in [1.807, 2.05) is 29.2 Å². The molecule has 1 unspecified atom stereocenters. The molecule has 1 aliphatic rings. The Morgan fingerprint density at radius 1 is 1.23 bits per heavy atom. The van der Waals surface area contributed by atoms with Crippen LogP contribution < -0.4 is 10.6 Å². The molecule has 1 amide bonds. The molecule has 22 heavy (non-hydrogen) atoms. The van der Waals surface area contributed by atoms with E-state index in [0.29, 0.717) is 11.2 Å². The Balaban J connectivity index is 1.92. The summed E-state index contributed by atoms with van der Waals surface area (Å²) in [4.78, 5) is 14.3. The van der Waals surface area contributed by atoms with Crippen LogP contribution in [-0.4, -0.2) is 35.1 Å². The highest BCUT2D eigenvalue weighted by Crippen LogP contribution is 2.15. The summed E-state index contributed by atoms with van der Waals surface area (Å²) in [5.74, 6) is 0.131. The highest BCUT2D eigenvalue weighted by atomic mass is 32.1. The maximum Gasteiger partial charge on any atom is 0.253 e. The second-order valence-electron chi connectivity index (χ2n) is 5.84. The fourth-order valence-electron chi connectivity index (χ4n) is 2.47. The largest absolute Gasteiger partial charge is 0.360 e. The Morgan fingerprint density at radius 2 is 1.86 bits per heavy atom. The van der Waals surface area contributed by atoms with Crippen LogP contribution >= 0.6 is 12.2 Å². The van der Waals surface area contributed by atoms with Gasteiger partial charge in [-0.05, 0) is 69.1 Å². The number of thiocarbonyl (C=S) groups is 1. The fraction of sp³-hybridized carbons (Fsp3) is 0.529. The lowest BCUT2D eigenvalue weighted by Gasteiger charge is -2.26. The number of anilines is 1. The minimum Gasteiger partial charge on any atom is -0.360 e. The molecule has 1 aliphatic heterocycles. The summed E-state index contributed by atoms with van der Waals surface area (Å²) in [5, 5.41) is 6.98. The van der Waals surface area contributed by atoms with Gasteiger partial charge in [-0.3, -0.25) is 4.79 Å². The van der Waals surface area contributed by atoms with Gasteiger partial charge in [-0.2, -0.15) is 0 Å². The van der Waals surface area contributed by atoms with Crippen LogP contribution in [0.15, 0.2) is 24.3 Å². The summed E-state index contributed by atoms with van der Waals surface area (Å²) in [5.41, 5.74) is 1.64. The van der Waals surface area contributed by atoms with Crippen molar-refractivity contribution < 1.29 is 4.79 Å². The summed E-state index contributed by atoms with van der Waals surface area (Å²) in [6.07, 6.45) is 4.47. The van der Waals surface area contributed by atoms with Crippen LogP contribution in [0.4, 0.5) is 5.69 Å². The number of amides is 1. The van der Waals surface area contributed by atoms with E-state index in [0.717, 1.165) is 43.6 Å². The normalized spacial score (nSPS) is 16.0. The van der Waals surface area contributed by atoms with Gasteiger partial charge < -0.3 is 15.5 Å². The van der Waals surface area contributed by atoms with Gasteiger partial charge in [-0.15, -0.1) is 0 Å². The zero-order valence-electron chi connectivity index (χ0n) is 13.4. The maximum atomic E-state index is 12.4. The second kappa shape index (κ2) is 8.13. The Hall–Kier alpha value is -1.62. The monoisotopic (exact) mass is 319 g/mol. The molecule has 1 heterocycles. The Kier molecular flexibility index (Phi) is 6.19. The topological polar surface area (TPSA) is 44.4 Å². The van der Waals surface area contributed by atoms with E-state index < -0.39 is 0 Å². The molecule has 0 bridgehead atoms. The first-order chi connectivity index (χ1) is 10.6. The smallest absolute Gasteiger partial charge is 0.253 e. The fourth-order valence-corrected chi connectivity index (χ4v) is 2.79. The third-order valence-electron chi connectivity index (χ3n) is 4.02. The van der Waals surface area contributed by atoms with E-state index in [4.69, 9.17) is 12.2 Å². The van der Waals surface area contributed by atoms with Crippen molar-refractivity contribution in [3.8, 4) is 0 Å². The van der Waals surface area contributed by atoms with E-state index in [2.05, 4.69) is 24.5 Å². The third kappa shape index (κ3) is 4.70. The van der Waals surface area contributed by atoms with Crippen LogP contribution in [0.1, 0.15) is 49.9 Å². The number of nitrogens with zero attached hydrogens (tertiary/aromatic N) is 1. The van der Waals surface area contributed by atoms with Crippen molar-refractivity contribution >= 4 is 28.9 Å². The number of likely N-dealkylation sites (tertiary alicyclic amines) is 1. The van der Waals surface area contributed by atoms with Crippen molar-refractivity contribution in [2.45, 2.75) is 45.6 Å². The molecule has 0 spiro atoms. The summed E-state index contributed by atoms with van der Waals surface area (Å²) in [7, 11) is 0. The molecule has 1 fully saturated rings. The van der Waals surface area contributed by atoms with Gasteiger partial charge in [0, 0.05) is 30.4 Å². The molecular formula is C17H25N3OS. The molecule has 2 N–H and O–H groups in total. The predicted octanol–water partition coefficient (Wildman–Crippen LogP) is 3.40. The van der Waals surface area contributed by atoms with Gasteiger partial charge in [0.2, 0.25) is 0 Å². The van der Waals surface area contributed by atoms with Crippen molar-refractivity contribution in [3.05, 3.63) is 29.8 Å². The molecular weight excluding hydrogens is 294 g/mol. The van der Waals surface area contributed by atoms with Crippen molar-refractivity contribution in [1.82, 2.24) is 10.2 Å². The average molecular weight is 319 g/mol. The molecule has 2 rings (SSSR count). The van der Waals surface area contributed by atoms with Crippen molar-refractivity contribution in [2.24, 2.45) is 0 Å². The SMILES string of the molecule is CCC(C)NC(=S)Nc1ccc(C(=O)N2CCCCC2)cc1. The molecule has 4 nitrogen and oxygen atoms in total. The van der Waals surface area contributed by atoms with Gasteiger partial charge in [-0.1, -0.05) is 6.92 Å². The van der Waals surface area contributed by atoms with Crippen LogP contribution in [0.25, 0.3) is 0 Å². The van der Waals surface area contributed by atoms with Gasteiger partial charge in [0.15, 0.2) is 5.11 Å². The highest BCUT2D eigenvalue weighted by molar-refractivity contribution is 7.80. The van der Waals surface area contributed by atoms with Crippen LogP contribution in [-0.2, 0) is 0 Å². The van der Waals surface area contributed by atoms with Crippen molar-refractivity contribution in [1.29, 1.82) is 0 Å². The van der Waals surface area contributed by atoms with Crippen LogP contribution in [0.2, 0.25) is 0 Å². The van der Waals surface area contributed by atoms with Crippen LogP contribution in [0.5, 0.6) is 0 Å². The summed E-state index contributed by atoms with van der Waals surface area (Å²) in [6.45, 7) is 5.96. The number of hydrogen-bond donors (Lipinski definition) is 2. The van der Waals surface area contributed by atoms with Gasteiger partial charge in [0.1, 0.15) is 0 Å². The van der Waals surface area contributed by atoms with Gasteiger partial charge >= 0.3 is 0 Å². The zero-order valence-corrected chi connectivity index (χ0v) is 14.2. The Labute approximate surface area is 138 Å². The molecule has 1 saturated heterocycles. The standard InChI is InChI=1S/C17H25N3OS/c1-3-13(2)18-17(22)19-15-9-7-14(8-10-15)16(21)20-11-5-4-6-12-20/h7-10,13H,3-6,11-12H2,1-2H3,(H2,18,19,22). The Bertz CT molecular complexity index is 509. The number of rotatable bonds is 4. The molecule has 0 aliphatic carbocycles. The van der Waals surface area contributed by atoms with E-state index >= 15 is 0 Å². The molecule has 120 valence electrons. The van der Waals surface area contributed by atoms with E-state index in [-0.39, 0.29) is 5.91 Å². The van der Waals surface area contributed by atoms with Crippen molar-refractivity contribution in [2.75, 3.05) is 18.4 Å². The predicted molar refractivity (Wildman–Crippen MR) is 95.3 cm³/mol. The molecule has 0 saturated carbocycles. The molecule has 0 radical (unpaired) electrons. The van der Waals surface area contributed by atoms with Crippen LogP contribution in [0, 0.1) is 0 Å². The minimum atomic E-state index is 0.131. The van der Waals surface area contributed by atoms with Gasteiger partial charge in [0.05, 0.1) is 0 Å². The van der Waals surface area contributed by atoms with E-state index in [9.17, 15) is 4.79 Å². The van der Waals surface area contributed by atoms with Gasteiger partial charge in [0.25, 0.3) is 5.91 Å². The Morgan fingerprint density at radius 3 is 2.45 bits per heavy atom. The molecule has 1 aromatic rings. The lowest BCUT2D eigenvalue weighted by Crippen LogP contribution is -2.36. The first-order valence-corrected chi connectivity index (χ1v) is 8.48. The first-order valence-electron chi connectivity index (χ1n) is 8.07. The number of carbonyl (C=O) groups is 1. The number of hydrogen-bond acceptors (Lipinski definition) is 2. The summed E-state index contributed by atoms with van der Waals surface area (Å²) >= 11 is 5.27. The highest BCUT2D eigenvalue weighted by Gasteiger charge is 2.17. The van der Waals surface area contributed by atoms with E-state index in [1.165, 1.54) is 6.42 Å². The van der Waals surface area contributed by atoms with E-state index in [1.54, 1.807) is 0 Å². The number of piperidine rings is 1. The zero-order chi connectivity index (χ0) is 15.9. The van der Waals surface area contributed by atoms with Crippen LogP contribution in [0.3, 0.4) is 0 Å². The second-order valence-corrected chi connectivity index (χ2v) is 6.25. The number of benzene rings is 1. The molecule has 0 aromatic heterocycles. The first kappa shape index (κ1) is 16.7. The molecule has 1 aromatic carbocycles. The quantitative estimate of drug-likeness (QED) is 0.835. The number of carbonyl (C=O) groups excluding carboxylic acids is 1. The van der Waals surface area contributed by atoms with Crippen molar-refractivity contribution in [3.63, 3.8) is 0 Å². The lowest BCUT2D eigenvalue weighted by atomic mass is 10.1. The van der Waals surface area contributed by atoms with Gasteiger partial charge in [-0.25, -0.2) is 0 Å². The summed E-state index contributed by atoms with van der Waals surface area (Å²) in [6, 6.07) is 7.89. The minimum absolute atomic E-state index is 0.131. The molecule has 1 atom stereocenters.